The van der Waals surface area contributed by atoms with Gasteiger partial charge in [-0.25, -0.2) is 18.4 Å². The van der Waals surface area contributed by atoms with E-state index in [9.17, 15) is 8.42 Å². The van der Waals surface area contributed by atoms with Crippen LogP contribution in [-0.2, 0) is 10.0 Å². The van der Waals surface area contributed by atoms with Gasteiger partial charge >= 0.3 is 0 Å². The Hall–Kier alpha value is -2.77. The summed E-state index contributed by atoms with van der Waals surface area (Å²) in [4.78, 5) is 11.0. The molecule has 0 atom stereocenters. The van der Waals surface area contributed by atoms with Crippen LogP contribution in [0, 0.1) is 6.92 Å². The first-order valence-electron chi connectivity index (χ1n) is 9.23. The lowest BCUT2D eigenvalue weighted by Gasteiger charge is -2.34. The zero-order valence-corrected chi connectivity index (χ0v) is 16.5. The number of aromatic nitrogens is 2. The topological polar surface area (TPSA) is 66.4 Å². The zero-order valence-electron chi connectivity index (χ0n) is 15.7. The van der Waals surface area contributed by atoms with E-state index in [-0.39, 0.29) is 0 Å². The zero-order chi connectivity index (χ0) is 19.6. The van der Waals surface area contributed by atoms with E-state index in [2.05, 4.69) is 14.9 Å². The van der Waals surface area contributed by atoms with Gasteiger partial charge in [0.15, 0.2) is 0 Å². The SMILES string of the molecule is Cc1cccc2ncnc(N3CCN(S(=O)(=O)/C=C/c4ccccc4)CC3)c12. The number of aryl methyl sites for hydroxylation is 1. The molecule has 1 fully saturated rings. The van der Waals surface area contributed by atoms with Crippen LogP contribution in [0.15, 0.2) is 60.3 Å². The predicted octanol–water partition coefficient (Wildman–Crippen LogP) is 3.06. The summed E-state index contributed by atoms with van der Waals surface area (Å²) in [6.45, 7) is 4.10. The van der Waals surface area contributed by atoms with Crippen LogP contribution in [0.3, 0.4) is 0 Å². The third-order valence-electron chi connectivity index (χ3n) is 4.98. The molecule has 4 rings (SSSR count). The number of sulfonamides is 1. The van der Waals surface area contributed by atoms with Gasteiger partial charge in [-0.2, -0.15) is 4.31 Å². The Bertz CT molecular complexity index is 1100. The third-order valence-corrected chi connectivity index (χ3v) is 6.55. The minimum Gasteiger partial charge on any atom is -0.353 e. The van der Waals surface area contributed by atoms with Gasteiger partial charge in [-0.1, -0.05) is 42.5 Å². The summed E-state index contributed by atoms with van der Waals surface area (Å²) in [5.41, 5.74) is 2.90. The van der Waals surface area contributed by atoms with Gasteiger partial charge in [0.2, 0.25) is 10.0 Å². The van der Waals surface area contributed by atoms with Crippen molar-refractivity contribution in [2.24, 2.45) is 0 Å². The van der Waals surface area contributed by atoms with Gasteiger partial charge in [-0.15, -0.1) is 0 Å². The second kappa shape index (κ2) is 7.69. The molecule has 1 aliphatic heterocycles. The van der Waals surface area contributed by atoms with Crippen molar-refractivity contribution in [3.8, 4) is 0 Å². The minimum absolute atomic E-state index is 0.429. The van der Waals surface area contributed by atoms with Crippen LogP contribution in [-0.4, -0.2) is 48.9 Å². The lowest BCUT2D eigenvalue weighted by Crippen LogP contribution is -2.48. The van der Waals surface area contributed by atoms with Crippen LogP contribution in [0.5, 0.6) is 0 Å². The quantitative estimate of drug-likeness (QED) is 0.680. The van der Waals surface area contributed by atoms with Crippen molar-refractivity contribution in [2.45, 2.75) is 6.92 Å². The monoisotopic (exact) mass is 394 g/mol. The Balaban J connectivity index is 1.50. The van der Waals surface area contributed by atoms with Crippen molar-refractivity contribution < 1.29 is 8.42 Å². The minimum atomic E-state index is -3.44. The third kappa shape index (κ3) is 3.76. The fourth-order valence-electron chi connectivity index (χ4n) is 3.47. The second-order valence-electron chi connectivity index (χ2n) is 6.81. The standard InChI is InChI=1S/C21H22N4O2S/c1-17-6-5-9-19-20(17)21(23-16-22-19)24-11-13-25(14-12-24)28(26,27)15-10-18-7-3-2-4-8-18/h2-10,15-16H,11-14H2,1H3/b15-10+. The highest BCUT2D eigenvalue weighted by molar-refractivity contribution is 7.92. The molecule has 0 unspecified atom stereocenters. The number of nitrogens with zero attached hydrogens (tertiary/aromatic N) is 4. The highest BCUT2D eigenvalue weighted by Crippen LogP contribution is 2.27. The Morgan fingerprint density at radius 2 is 1.68 bits per heavy atom. The number of hydrogen-bond donors (Lipinski definition) is 0. The van der Waals surface area contributed by atoms with E-state index in [1.54, 1.807) is 12.4 Å². The molecular weight excluding hydrogens is 372 g/mol. The molecule has 7 heteroatoms. The highest BCUT2D eigenvalue weighted by atomic mass is 32.2. The molecule has 2 heterocycles. The molecule has 0 amide bonds. The Kier molecular flexibility index (Phi) is 5.11. The molecule has 1 aliphatic rings. The molecular formula is C21H22N4O2S. The van der Waals surface area contributed by atoms with Gasteiger partial charge in [0, 0.05) is 37.0 Å². The van der Waals surface area contributed by atoms with Gasteiger partial charge in [-0.05, 0) is 30.2 Å². The van der Waals surface area contributed by atoms with Crippen molar-refractivity contribution in [3.63, 3.8) is 0 Å². The molecule has 2 aromatic carbocycles. The van der Waals surface area contributed by atoms with Crippen LogP contribution in [0.4, 0.5) is 5.82 Å². The predicted molar refractivity (Wildman–Crippen MR) is 112 cm³/mol. The lowest BCUT2D eigenvalue weighted by molar-refractivity contribution is 0.389. The number of rotatable bonds is 4. The summed E-state index contributed by atoms with van der Waals surface area (Å²) in [5, 5.41) is 2.33. The van der Waals surface area contributed by atoms with Crippen molar-refractivity contribution in [2.75, 3.05) is 31.1 Å². The number of benzene rings is 2. The molecule has 144 valence electrons. The van der Waals surface area contributed by atoms with E-state index in [4.69, 9.17) is 0 Å². The van der Waals surface area contributed by atoms with Gasteiger partial charge in [-0.3, -0.25) is 0 Å². The highest BCUT2D eigenvalue weighted by Gasteiger charge is 2.26. The summed E-state index contributed by atoms with van der Waals surface area (Å²) in [6, 6.07) is 15.5. The maximum absolute atomic E-state index is 12.7. The van der Waals surface area contributed by atoms with Gasteiger partial charge in [0.05, 0.1) is 5.52 Å². The van der Waals surface area contributed by atoms with E-state index in [0.29, 0.717) is 26.2 Å². The van der Waals surface area contributed by atoms with Crippen LogP contribution >= 0.6 is 0 Å². The van der Waals surface area contributed by atoms with Crippen LogP contribution in [0.25, 0.3) is 17.0 Å². The molecule has 3 aromatic rings. The van der Waals surface area contributed by atoms with Crippen molar-refractivity contribution in [1.29, 1.82) is 0 Å². The Labute approximate surface area is 165 Å². The molecule has 28 heavy (non-hydrogen) atoms. The van der Waals surface area contributed by atoms with E-state index in [1.807, 2.05) is 55.5 Å². The van der Waals surface area contributed by atoms with E-state index >= 15 is 0 Å². The summed E-state index contributed by atoms with van der Waals surface area (Å²) in [7, 11) is -3.44. The number of hydrogen-bond acceptors (Lipinski definition) is 5. The molecule has 1 saturated heterocycles. The van der Waals surface area contributed by atoms with Crippen molar-refractivity contribution >= 4 is 32.8 Å². The molecule has 0 saturated carbocycles. The van der Waals surface area contributed by atoms with Gasteiger partial charge in [0.1, 0.15) is 12.1 Å². The Morgan fingerprint density at radius 1 is 0.929 bits per heavy atom. The largest absolute Gasteiger partial charge is 0.353 e. The lowest BCUT2D eigenvalue weighted by atomic mass is 10.1. The Morgan fingerprint density at radius 3 is 2.43 bits per heavy atom. The fraction of sp³-hybridized carbons (Fsp3) is 0.238. The van der Waals surface area contributed by atoms with Gasteiger partial charge < -0.3 is 4.90 Å². The molecule has 0 spiro atoms. The summed E-state index contributed by atoms with van der Waals surface area (Å²) >= 11 is 0. The van der Waals surface area contributed by atoms with Crippen LogP contribution < -0.4 is 4.90 Å². The number of anilines is 1. The van der Waals surface area contributed by atoms with Crippen LogP contribution in [0.1, 0.15) is 11.1 Å². The fourth-order valence-corrected chi connectivity index (χ4v) is 4.64. The van der Waals surface area contributed by atoms with E-state index in [0.717, 1.165) is 27.8 Å². The number of fused-ring (bicyclic) bond motifs is 1. The summed E-state index contributed by atoms with van der Waals surface area (Å²) in [6.07, 6.45) is 3.21. The molecule has 6 nitrogen and oxygen atoms in total. The van der Waals surface area contributed by atoms with Gasteiger partial charge in [0.25, 0.3) is 0 Å². The van der Waals surface area contributed by atoms with Crippen LogP contribution in [0.2, 0.25) is 0 Å². The second-order valence-corrected chi connectivity index (χ2v) is 8.63. The maximum atomic E-state index is 12.7. The van der Waals surface area contributed by atoms with Crippen molar-refractivity contribution in [3.05, 3.63) is 71.4 Å². The average Bonchev–Trinajstić information content (AvgIpc) is 2.73. The smallest absolute Gasteiger partial charge is 0.236 e. The summed E-state index contributed by atoms with van der Waals surface area (Å²) < 4.78 is 26.9. The normalized spacial score (nSPS) is 16.1. The first kappa shape index (κ1) is 18.6. The molecule has 0 aliphatic carbocycles. The maximum Gasteiger partial charge on any atom is 0.236 e. The molecule has 0 bridgehead atoms. The first-order chi connectivity index (χ1) is 13.5. The number of piperazine rings is 1. The van der Waals surface area contributed by atoms with E-state index in [1.165, 1.54) is 9.71 Å². The molecule has 0 radical (unpaired) electrons. The molecule has 0 N–H and O–H groups in total. The van der Waals surface area contributed by atoms with Crippen molar-refractivity contribution in [1.82, 2.24) is 14.3 Å². The van der Waals surface area contributed by atoms with E-state index < -0.39 is 10.0 Å². The molecule has 1 aromatic heterocycles. The first-order valence-corrected chi connectivity index (χ1v) is 10.7. The average molecular weight is 395 g/mol. The summed E-state index contributed by atoms with van der Waals surface area (Å²) in [5.74, 6) is 0.875.